The number of carbonyl (C=O) groups is 2. The number of H-pyrrole nitrogens is 1. The summed E-state index contributed by atoms with van der Waals surface area (Å²) in [7, 11) is 0. The molecule has 0 bridgehead atoms. The molecular formula is C9H14N4O4. The van der Waals surface area contributed by atoms with Gasteiger partial charge in [-0.3, -0.25) is 9.89 Å². The number of hydrogen-bond acceptors (Lipinski definition) is 5. The van der Waals surface area contributed by atoms with Crippen LogP contribution in [0.2, 0.25) is 0 Å². The van der Waals surface area contributed by atoms with E-state index in [1.54, 1.807) is 0 Å². The Morgan fingerprint density at radius 3 is 2.82 bits per heavy atom. The number of carbonyl (C=O) groups excluding carboxylic acids is 1. The Bertz CT molecular complexity index is 403. The highest BCUT2D eigenvalue weighted by Gasteiger charge is 2.17. The zero-order valence-electron chi connectivity index (χ0n) is 9.30. The Morgan fingerprint density at radius 2 is 2.24 bits per heavy atom. The Morgan fingerprint density at radius 1 is 1.53 bits per heavy atom. The van der Waals surface area contributed by atoms with Crippen LogP contribution < -0.4 is 5.32 Å². The average Bonchev–Trinajstić information content (AvgIpc) is 2.74. The number of aromatic amines is 1. The van der Waals surface area contributed by atoms with E-state index in [1.165, 1.54) is 0 Å². The van der Waals surface area contributed by atoms with Crippen molar-refractivity contribution < 1.29 is 19.8 Å². The van der Waals surface area contributed by atoms with Crippen LogP contribution in [0, 0.1) is 0 Å². The van der Waals surface area contributed by atoms with Crippen LogP contribution in [-0.2, 0) is 11.2 Å². The number of hydrogen-bond donors (Lipinski definition) is 4. The molecule has 8 heteroatoms. The monoisotopic (exact) mass is 242 g/mol. The fourth-order valence-electron chi connectivity index (χ4n) is 1.10. The van der Waals surface area contributed by atoms with Crippen molar-refractivity contribution in [3.8, 4) is 0 Å². The van der Waals surface area contributed by atoms with E-state index in [9.17, 15) is 9.59 Å². The SMILES string of the molecule is CCCc1nc(C(=O)NCC(O)C(=O)O)n[nH]1. The fraction of sp³-hybridized carbons (Fsp3) is 0.556. The maximum atomic E-state index is 11.4. The minimum Gasteiger partial charge on any atom is -0.479 e. The molecule has 0 saturated carbocycles. The number of amides is 1. The standard InChI is InChI=1S/C9H14N4O4/c1-2-3-6-11-7(13-12-6)8(15)10-4-5(14)9(16)17/h5,14H,2-4H2,1H3,(H,10,15)(H,16,17)(H,11,12,13). The van der Waals surface area contributed by atoms with E-state index in [-0.39, 0.29) is 12.4 Å². The van der Waals surface area contributed by atoms with E-state index in [2.05, 4.69) is 20.5 Å². The molecule has 0 radical (unpaired) electrons. The molecule has 1 amide bonds. The summed E-state index contributed by atoms with van der Waals surface area (Å²) < 4.78 is 0. The van der Waals surface area contributed by atoms with Gasteiger partial charge in [0.15, 0.2) is 6.10 Å². The van der Waals surface area contributed by atoms with Crippen molar-refractivity contribution in [2.75, 3.05) is 6.54 Å². The van der Waals surface area contributed by atoms with Crippen molar-refractivity contribution in [1.82, 2.24) is 20.5 Å². The minimum absolute atomic E-state index is 0.0639. The van der Waals surface area contributed by atoms with Gasteiger partial charge in [-0.15, -0.1) is 5.10 Å². The van der Waals surface area contributed by atoms with Crippen molar-refractivity contribution >= 4 is 11.9 Å². The first-order valence-electron chi connectivity index (χ1n) is 5.15. The zero-order valence-corrected chi connectivity index (χ0v) is 9.30. The number of aliphatic carboxylic acids is 1. The first-order valence-corrected chi connectivity index (χ1v) is 5.15. The average molecular weight is 242 g/mol. The number of aromatic nitrogens is 3. The molecule has 8 nitrogen and oxygen atoms in total. The molecule has 0 aliphatic carbocycles. The third-order valence-corrected chi connectivity index (χ3v) is 1.96. The summed E-state index contributed by atoms with van der Waals surface area (Å²) in [6.45, 7) is 1.58. The predicted molar refractivity (Wildman–Crippen MR) is 56.4 cm³/mol. The van der Waals surface area contributed by atoms with Crippen molar-refractivity contribution in [2.45, 2.75) is 25.9 Å². The number of carboxylic acid groups (broad SMARTS) is 1. The lowest BCUT2D eigenvalue weighted by molar-refractivity contribution is -0.146. The maximum absolute atomic E-state index is 11.4. The molecule has 0 saturated heterocycles. The maximum Gasteiger partial charge on any atom is 0.334 e. The van der Waals surface area contributed by atoms with Gasteiger partial charge in [-0.2, -0.15) is 0 Å². The second-order valence-corrected chi connectivity index (χ2v) is 3.42. The van der Waals surface area contributed by atoms with Gasteiger partial charge in [-0.05, 0) is 6.42 Å². The predicted octanol–water partition coefficient (Wildman–Crippen LogP) is -1.07. The van der Waals surface area contributed by atoms with Crippen LogP contribution in [0.5, 0.6) is 0 Å². The van der Waals surface area contributed by atoms with Crippen molar-refractivity contribution in [2.24, 2.45) is 0 Å². The van der Waals surface area contributed by atoms with E-state index in [1.807, 2.05) is 6.92 Å². The summed E-state index contributed by atoms with van der Waals surface area (Å²) in [6, 6.07) is 0. The molecule has 0 fully saturated rings. The summed E-state index contributed by atoms with van der Waals surface area (Å²) in [6.07, 6.45) is -0.0838. The lowest BCUT2D eigenvalue weighted by atomic mass is 10.3. The summed E-state index contributed by atoms with van der Waals surface area (Å²) in [5.74, 6) is -1.49. The lowest BCUT2D eigenvalue weighted by Crippen LogP contribution is -2.36. The van der Waals surface area contributed by atoms with Gasteiger partial charge in [0.05, 0.1) is 6.54 Å². The normalized spacial score (nSPS) is 12.1. The third kappa shape index (κ3) is 3.83. The van der Waals surface area contributed by atoms with Gasteiger partial charge >= 0.3 is 5.97 Å². The van der Waals surface area contributed by atoms with Gasteiger partial charge < -0.3 is 15.5 Å². The van der Waals surface area contributed by atoms with Gasteiger partial charge in [0.2, 0.25) is 5.82 Å². The van der Waals surface area contributed by atoms with Crippen LogP contribution >= 0.6 is 0 Å². The summed E-state index contributed by atoms with van der Waals surface area (Å²) in [5, 5.41) is 25.8. The molecular weight excluding hydrogens is 228 g/mol. The Balaban J connectivity index is 2.49. The molecule has 0 aliphatic heterocycles. The minimum atomic E-state index is -1.63. The van der Waals surface area contributed by atoms with Crippen LogP contribution in [0.25, 0.3) is 0 Å². The number of carboxylic acids is 1. The summed E-state index contributed by atoms with van der Waals surface area (Å²) in [5.41, 5.74) is 0. The quantitative estimate of drug-likeness (QED) is 0.503. The number of aryl methyl sites for hydroxylation is 1. The van der Waals surface area contributed by atoms with E-state index in [0.29, 0.717) is 12.2 Å². The van der Waals surface area contributed by atoms with E-state index < -0.39 is 18.0 Å². The Kier molecular flexibility index (Phi) is 4.58. The van der Waals surface area contributed by atoms with Crippen LogP contribution in [0.15, 0.2) is 0 Å². The number of aliphatic hydroxyl groups excluding tert-OH is 1. The summed E-state index contributed by atoms with van der Waals surface area (Å²) in [4.78, 5) is 25.6. The molecule has 1 rings (SSSR count). The van der Waals surface area contributed by atoms with Crippen LogP contribution in [0.3, 0.4) is 0 Å². The van der Waals surface area contributed by atoms with Gasteiger partial charge in [0.1, 0.15) is 5.82 Å². The second kappa shape index (κ2) is 5.94. The van der Waals surface area contributed by atoms with Gasteiger partial charge in [0, 0.05) is 6.42 Å². The van der Waals surface area contributed by atoms with E-state index in [4.69, 9.17) is 10.2 Å². The Labute approximate surface area is 97.1 Å². The molecule has 1 aromatic heterocycles. The van der Waals surface area contributed by atoms with Gasteiger partial charge in [0.25, 0.3) is 5.91 Å². The molecule has 1 aromatic rings. The highest BCUT2D eigenvalue weighted by molar-refractivity contribution is 5.90. The van der Waals surface area contributed by atoms with Crippen molar-refractivity contribution in [3.05, 3.63) is 11.6 Å². The molecule has 0 aromatic carbocycles. The van der Waals surface area contributed by atoms with Crippen LogP contribution in [-0.4, -0.2) is 49.9 Å². The Hall–Kier alpha value is -1.96. The third-order valence-electron chi connectivity index (χ3n) is 1.96. The van der Waals surface area contributed by atoms with Gasteiger partial charge in [-0.25, -0.2) is 9.78 Å². The topological polar surface area (TPSA) is 128 Å². The fourth-order valence-corrected chi connectivity index (χ4v) is 1.10. The zero-order chi connectivity index (χ0) is 12.8. The molecule has 0 aliphatic rings. The molecule has 1 atom stereocenters. The molecule has 1 unspecified atom stereocenters. The number of rotatable bonds is 6. The number of nitrogens with one attached hydrogen (secondary N) is 2. The first-order chi connectivity index (χ1) is 8.04. The van der Waals surface area contributed by atoms with Crippen LogP contribution in [0.1, 0.15) is 29.8 Å². The smallest absolute Gasteiger partial charge is 0.334 e. The lowest BCUT2D eigenvalue weighted by Gasteiger charge is -2.05. The summed E-state index contributed by atoms with van der Waals surface area (Å²) >= 11 is 0. The highest BCUT2D eigenvalue weighted by atomic mass is 16.4. The highest BCUT2D eigenvalue weighted by Crippen LogP contribution is 1.96. The van der Waals surface area contributed by atoms with Crippen LogP contribution in [0.4, 0.5) is 0 Å². The van der Waals surface area contributed by atoms with Gasteiger partial charge in [-0.1, -0.05) is 6.92 Å². The molecule has 4 N–H and O–H groups in total. The molecule has 1 heterocycles. The van der Waals surface area contributed by atoms with E-state index in [0.717, 1.165) is 6.42 Å². The largest absolute Gasteiger partial charge is 0.479 e. The number of nitrogens with zero attached hydrogens (tertiary/aromatic N) is 2. The first kappa shape index (κ1) is 13.1. The molecule has 17 heavy (non-hydrogen) atoms. The molecule has 94 valence electrons. The number of aliphatic hydroxyl groups is 1. The second-order valence-electron chi connectivity index (χ2n) is 3.42. The van der Waals surface area contributed by atoms with Crippen molar-refractivity contribution in [1.29, 1.82) is 0 Å². The van der Waals surface area contributed by atoms with Crippen molar-refractivity contribution in [3.63, 3.8) is 0 Å². The van der Waals surface area contributed by atoms with E-state index >= 15 is 0 Å². The molecule has 0 spiro atoms.